The highest BCUT2D eigenvalue weighted by Gasteiger charge is 2.26. The molecule has 1 aliphatic heterocycles. The van der Waals surface area contributed by atoms with Gasteiger partial charge in [0.15, 0.2) is 0 Å². The Morgan fingerprint density at radius 2 is 2.47 bits per heavy atom. The second kappa shape index (κ2) is 4.80. The summed E-state index contributed by atoms with van der Waals surface area (Å²) in [5.74, 6) is 0. The van der Waals surface area contributed by atoms with Gasteiger partial charge in [-0.05, 0) is 19.2 Å². The van der Waals surface area contributed by atoms with Crippen LogP contribution in [0.4, 0.5) is 0 Å². The molecule has 2 atom stereocenters. The predicted molar refractivity (Wildman–Crippen MR) is 65.5 cm³/mol. The molecular weight excluding hydrogens is 230 g/mol. The normalized spacial score (nSPS) is 25.4. The number of rotatable bonds is 2. The number of likely N-dealkylation sites (N-methyl/N-ethyl adjacent to an activating group) is 1. The van der Waals surface area contributed by atoms with Crippen LogP contribution < -0.4 is 11.1 Å². The van der Waals surface area contributed by atoms with E-state index in [1.54, 1.807) is 11.3 Å². The smallest absolute Gasteiger partial charge is 0.0931 e. The zero-order chi connectivity index (χ0) is 10.8. The standard InChI is InChI=1S/C10H16ClN3S/c1-14-5-4-13-6-7(14)10(12)8-2-3-9(11)15-8/h2-3,7,10,13H,4-6,12H2,1H3. The minimum absolute atomic E-state index is 0.0558. The first kappa shape index (κ1) is 11.4. The maximum absolute atomic E-state index is 6.24. The topological polar surface area (TPSA) is 41.3 Å². The van der Waals surface area contributed by atoms with E-state index in [0.717, 1.165) is 24.0 Å². The van der Waals surface area contributed by atoms with Gasteiger partial charge in [0.1, 0.15) is 0 Å². The molecule has 5 heteroatoms. The lowest BCUT2D eigenvalue weighted by atomic mass is 10.0. The summed E-state index contributed by atoms with van der Waals surface area (Å²) in [4.78, 5) is 3.48. The van der Waals surface area contributed by atoms with Crippen LogP contribution >= 0.6 is 22.9 Å². The number of hydrogen-bond acceptors (Lipinski definition) is 4. The van der Waals surface area contributed by atoms with E-state index in [9.17, 15) is 0 Å². The Morgan fingerprint density at radius 1 is 1.67 bits per heavy atom. The fourth-order valence-electron chi connectivity index (χ4n) is 1.93. The van der Waals surface area contributed by atoms with Crippen molar-refractivity contribution in [3.05, 3.63) is 21.3 Å². The first-order chi connectivity index (χ1) is 7.18. The SMILES string of the molecule is CN1CCNCC1C(N)c1ccc(Cl)s1. The molecule has 0 aromatic carbocycles. The average Bonchev–Trinajstić information content (AvgIpc) is 2.65. The molecular formula is C10H16ClN3S. The molecule has 0 aliphatic carbocycles. The van der Waals surface area contributed by atoms with Crippen LogP contribution in [-0.2, 0) is 0 Å². The summed E-state index contributed by atoms with van der Waals surface area (Å²) in [6, 6.07) is 4.37. The zero-order valence-electron chi connectivity index (χ0n) is 8.74. The van der Waals surface area contributed by atoms with E-state index in [1.807, 2.05) is 12.1 Å². The molecule has 1 fully saturated rings. The van der Waals surface area contributed by atoms with E-state index in [2.05, 4.69) is 17.3 Å². The summed E-state index contributed by atoms with van der Waals surface area (Å²) >= 11 is 7.49. The molecule has 84 valence electrons. The molecule has 1 aromatic heterocycles. The van der Waals surface area contributed by atoms with Gasteiger partial charge >= 0.3 is 0 Å². The van der Waals surface area contributed by atoms with Gasteiger partial charge in [0.2, 0.25) is 0 Å². The van der Waals surface area contributed by atoms with Crippen LogP contribution in [-0.4, -0.2) is 37.6 Å². The Morgan fingerprint density at radius 3 is 3.07 bits per heavy atom. The Balaban J connectivity index is 2.09. The van der Waals surface area contributed by atoms with Gasteiger partial charge in [-0.3, -0.25) is 4.90 Å². The lowest BCUT2D eigenvalue weighted by molar-refractivity contribution is 0.175. The minimum atomic E-state index is 0.0558. The largest absolute Gasteiger partial charge is 0.322 e. The first-order valence-corrected chi connectivity index (χ1v) is 6.29. The van der Waals surface area contributed by atoms with Crippen molar-refractivity contribution in [2.45, 2.75) is 12.1 Å². The third-order valence-electron chi connectivity index (χ3n) is 2.90. The van der Waals surface area contributed by atoms with E-state index < -0.39 is 0 Å². The van der Waals surface area contributed by atoms with Gasteiger partial charge in [-0.2, -0.15) is 0 Å². The maximum Gasteiger partial charge on any atom is 0.0931 e. The molecule has 1 aromatic rings. The Kier molecular flexibility index (Phi) is 3.64. The second-order valence-electron chi connectivity index (χ2n) is 3.92. The van der Waals surface area contributed by atoms with Gasteiger partial charge in [-0.25, -0.2) is 0 Å². The van der Waals surface area contributed by atoms with Gasteiger partial charge in [-0.15, -0.1) is 11.3 Å². The number of nitrogens with two attached hydrogens (primary N) is 1. The zero-order valence-corrected chi connectivity index (χ0v) is 10.3. The fraction of sp³-hybridized carbons (Fsp3) is 0.600. The van der Waals surface area contributed by atoms with Crippen molar-refractivity contribution >= 4 is 22.9 Å². The molecule has 0 saturated carbocycles. The summed E-state index contributed by atoms with van der Waals surface area (Å²) < 4.78 is 0.812. The number of nitrogens with one attached hydrogen (secondary N) is 1. The minimum Gasteiger partial charge on any atom is -0.322 e. The molecule has 0 spiro atoms. The van der Waals surface area contributed by atoms with E-state index >= 15 is 0 Å². The molecule has 3 nitrogen and oxygen atoms in total. The lowest BCUT2D eigenvalue weighted by Crippen LogP contribution is -2.53. The maximum atomic E-state index is 6.24. The van der Waals surface area contributed by atoms with Gasteiger partial charge in [0, 0.05) is 30.6 Å². The monoisotopic (exact) mass is 245 g/mol. The van der Waals surface area contributed by atoms with Crippen molar-refractivity contribution in [3.63, 3.8) is 0 Å². The molecule has 2 unspecified atom stereocenters. The van der Waals surface area contributed by atoms with E-state index in [4.69, 9.17) is 17.3 Å². The van der Waals surface area contributed by atoms with Crippen LogP contribution in [0.25, 0.3) is 0 Å². The highest BCUT2D eigenvalue weighted by Crippen LogP contribution is 2.28. The van der Waals surface area contributed by atoms with E-state index in [-0.39, 0.29) is 6.04 Å². The van der Waals surface area contributed by atoms with E-state index in [0.29, 0.717) is 6.04 Å². The summed E-state index contributed by atoms with van der Waals surface area (Å²) in [6.07, 6.45) is 0. The number of thiophene rings is 1. The summed E-state index contributed by atoms with van der Waals surface area (Å²) in [5.41, 5.74) is 6.24. The number of nitrogens with zero attached hydrogens (tertiary/aromatic N) is 1. The summed E-state index contributed by atoms with van der Waals surface area (Å²) in [6.45, 7) is 3.05. The Labute approximate surface area is 99.2 Å². The highest BCUT2D eigenvalue weighted by atomic mass is 35.5. The van der Waals surface area contributed by atoms with Crippen LogP contribution in [0.5, 0.6) is 0 Å². The fourth-order valence-corrected chi connectivity index (χ4v) is 3.05. The van der Waals surface area contributed by atoms with Crippen LogP contribution in [0, 0.1) is 0 Å². The molecule has 2 heterocycles. The molecule has 2 rings (SSSR count). The molecule has 1 saturated heterocycles. The third kappa shape index (κ3) is 2.52. The van der Waals surface area contributed by atoms with Crippen LogP contribution in [0.2, 0.25) is 4.34 Å². The molecule has 0 bridgehead atoms. The molecule has 1 aliphatic rings. The Bertz CT molecular complexity index is 328. The van der Waals surface area contributed by atoms with Gasteiger partial charge in [0.05, 0.1) is 10.4 Å². The summed E-state index contributed by atoms with van der Waals surface area (Å²) in [7, 11) is 2.13. The van der Waals surface area contributed by atoms with Gasteiger partial charge in [0.25, 0.3) is 0 Å². The average molecular weight is 246 g/mol. The van der Waals surface area contributed by atoms with Gasteiger partial charge in [-0.1, -0.05) is 11.6 Å². The second-order valence-corrected chi connectivity index (χ2v) is 5.67. The molecule has 3 N–H and O–H groups in total. The number of halogens is 1. The van der Waals surface area contributed by atoms with Crippen molar-refractivity contribution in [1.29, 1.82) is 0 Å². The quantitative estimate of drug-likeness (QED) is 0.826. The van der Waals surface area contributed by atoms with Crippen molar-refractivity contribution in [2.24, 2.45) is 5.73 Å². The van der Waals surface area contributed by atoms with Gasteiger partial charge < -0.3 is 11.1 Å². The van der Waals surface area contributed by atoms with Crippen LogP contribution in [0.15, 0.2) is 12.1 Å². The van der Waals surface area contributed by atoms with Crippen molar-refractivity contribution in [2.75, 3.05) is 26.7 Å². The third-order valence-corrected chi connectivity index (χ3v) is 4.23. The molecule has 0 amide bonds. The molecule has 15 heavy (non-hydrogen) atoms. The van der Waals surface area contributed by atoms with E-state index in [1.165, 1.54) is 4.88 Å². The Hall–Kier alpha value is -0.130. The lowest BCUT2D eigenvalue weighted by Gasteiger charge is -2.36. The van der Waals surface area contributed by atoms with Crippen molar-refractivity contribution in [3.8, 4) is 0 Å². The first-order valence-electron chi connectivity index (χ1n) is 5.10. The highest BCUT2D eigenvalue weighted by molar-refractivity contribution is 7.16. The number of piperazine rings is 1. The van der Waals surface area contributed by atoms with Crippen molar-refractivity contribution < 1.29 is 0 Å². The van der Waals surface area contributed by atoms with Crippen LogP contribution in [0.1, 0.15) is 10.9 Å². The predicted octanol–water partition coefficient (Wildman–Crippen LogP) is 1.30. The van der Waals surface area contributed by atoms with Crippen molar-refractivity contribution in [1.82, 2.24) is 10.2 Å². The van der Waals surface area contributed by atoms with Crippen LogP contribution in [0.3, 0.4) is 0 Å². The number of hydrogen-bond donors (Lipinski definition) is 2. The molecule has 0 radical (unpaired) electrons. The summed E-state index contributed by atoms with van der Waals surface area (Å²) in [5, 5.41) is 3.37.